The number of nitrogens with two attached hydrogens (primary N) is 1. The lowest BCUT2D eigenvalue weighted by molar-refractivity contribution is 0.328. The highest BCUT2D eigenvalue weighted by Gasteiger charge is 2.10. The summed E-state index contributed by atoms with van der Waals surface area (Å²) in [6, 6.07) is 9.55. The van der Waals surface area contributed by atoms with E-state index in [1.807, 2.05) is 43.6 Å². The molecule has 0 fully saturated rings. The molecule has 9 heteroatoms. The number of hydrogen-bond donors (Lipinski definition) is 2. The van der Waals surface area contributed by atoms with Crippen LogP contribution in [0.3, 0.4) is 0 Å². The minimum atomic E-state index is 0.424. The average Bonchev–Trinajstić information content (AvgIpc) is 3.13. The molecule has 0 radical (unpaired) electrons. The van der Waals surface area contributed by atoms with E-state index in [2.05, 4.69) is 36.3 Å². The van der Waals surface area contributed by atoms with Crippen LogP contribution in [0.25, 0.3) is 22.0 Å². The van der Waals surface area contributed by atoms with Gasteiger partial charge in [-0.25, -0.2) is 9.97 Å². The lowest BCUT2D eigenvalue weighted by Crippen LogP contribution is -2.10. The van der Waals surface area contributed by atoms with Crippen LogP contribution in [0.1, 0.15) is 0 Å². The van der Waals surface area contributed by atoms with Gasteiger partial charge in [-0.2, -0.15) is 5.10 Å². The second-order valence-electron chi connectivity index (χ2n) is 6.43. The first-order valence-corrected chi connectivity index (χ1v) is 10.0. The third kappa shape index (κ3) is 4.50. The Morgan fingerprint density at radius 1 is 1.17 bits per heavy atom. The SMILES string of the molecule is Cn1cc(-c2cc(Nc3ncc4cc(Br)cc(Cl)c4n3)cc(OCCN)c2)cn1. The highest BCUT2D eigenvalue weighted by Crippen LogP contribution is 2.31. The van der Waals surface area contributed by atoms with Crippen molar-refractivity contribution in [3.8, 4) is 16.9 Å². The molecule has 2 aromatic heterocycles. The smallest absolute Gasteiger partial charge is 0.227 e. The molecule has 0 atom stereocenters. The van der Waals surface area contributed by atoms with Crippen LogP contribution in [0, 0.1) is 0 Å². The molecular weight excluding hydrogens is 456 g/mol. The Kier molecular flexibility index (Phi) is 5.66. The fraction of sp³-hybridized carbons (Fsp3) is 0.150. The van der Waals surface area contributed by atoms with Crippen molar-refractivity contribution < 1.29 is 4.74 Å². The Morgan fingerprint density at radius 2 is 2.03 bits per heavy atom. The van der Waals surface area contributed by atoms with E-state index in [-0.39, 0.29) is 0 Å². The number of nitrogens with zero attached hydrogens (tertiary/aromatic N) is 4. The fourth-order valence-electron chi connectivity index (χ4n) is 2.93. The molecule has 0 aliphatic rings. The molecule has 3 N–H and O–H groups in total. The molecule has 7 nitrogen and oxygen atoms in total. The number of halogens is 2. The number of ether oxygens (including phenoxy) is 1. The highest BCUT2D eigenvalue weighted by molar-refractivity contribution is 9.10. The van der Waals surface area contributed by atoms with Gasteiger partial charge in [-0.3, -0.25) is 4.68 Å². The van der Waals surface area contributed by atoms with Crippen LogP contribution < -0.4 is 15.8 Å². The Bertz CT molecular complexity index is 1180. The van der Waals surface area contributed by atoms with Crippen molar-refractivity contribution in [3.05, 3.63) is 58.4 Å². The Morgan fingerprint density at radius 3 is 2.79 bits per heavy atom. The van der Waals surface area contributed by atoms with Gasteiger partial charge in [0.2, 0.25) is 5.95 Å². The third-order valence-corrected chi connectivity index (χ3v) is 4.93. The van der Waals surface area contributed by atoms with Gasteiger partial charge in [0.05, 0.1) is 16.7 Å². The van der Waals surface area contributed by atoms with Crippen molar-refractivity contribution in [1.29, 1.82) is 0 Å². The Labute approximate surface area is 181 Å². The van der Waals surface area contributed by atoms with E-state index in [9.17, 15) is 0 Å². The number of aromatic nitrogens is 4. The normalized spacial score (nSPS) is 11.0. The zero-order chi connectivity index (χ0) is 20.4. The van der Waals surface area contributed by atoms with Crippen LogP contribution in [-0.2, 0) is 7.05 Å². The summed E-state index contributed by atoms with van der Waals surface area (Å²) in [5.74, 6) is 1.14. The second kappa shape index (κ2) is 8.36. The van der Waals surface area contributed by atoms with Crippen LogP contribution in [-0.4, -0.2) is 32.9 Å². The van der Waals surface area contributed by atoms with Crippen LogP contribution in [0.4, 0.5) is 11.6 Å². The van der Waals surface area contributed by atoms with Gasteiger partial charge < -0.3 is 15.8 Å². The quantitative estimate of drug-likeness (QED) is 0.428. The zero-order valence-corrected chi connectivity index (χ0v) is 17.9. The van der Waals surface area contributed by atoms with Gasteiger partial charge in [-0.15, -0.1) is 0 Å². The van der Waals surface area contributed by atoms with Crippen molar-refractivity contribution in [2.75, 3.05) is 18.5 Å². The first kappa shape index (κ1) is 19.6. The van der Waals surface area contributed by atoms with Gasteiger partial charge in [0.25, 0.3) is 0 Å². The molecule has 0 spiro atoms. The summed E-state index contributed by atoms with van der Waals surface area (Å²) >= 11 is 9.77. The minimum Gasteiger partial charge on any atom is -0.492 e. The molecule has 148 valence electrons. The maximum Gasteiger partial charge on any atom is 0.227 e. The summed E-state index contributed by atoms with van der Waals surface area (Å²) in [4.78, 5) is 8.96. The van der Waals surface area contributed by atoms with E-state index in [1.54, 1.807) is 17.1 Å². The summed E-state index contributed by atoms with van der Waals surface area (Å²) in [5, 5.41) is 8.89. The lowest BCUT2D eigenvalue weighted by atomic mass is 10.1. The molecule has 4 aromatic rings. The first-order chi connectivity index (χ1) is 14.0. The number of anilines is 2. The summed E-state index contributed by atoms with van der Waals surface area (Å²) < 4.78 is 8.38. The van der Waals surface area contributed by atoms with Crippen molar-refractivity contribution in [2.45, 2.75) is 0 Å². The van der Waals surface area contributed by atoms with Crippen molar-refractivity contribution in [1.82, 2.24) is 19.7 Å². The highest BCUT2D eigenvalue weighted by atomic mass is 79.9. The van der Waals surface area contributed by atoms with E-state index in [0.29, 0.717) is 35.4 Å². The molecule has 0 saturated heterocycles. The maximum atomic E-state index is 6.34. The topological polar surface area (TPSA) is 90.9 Å². The minimum absolute atomic E-state index is 0.424. The summed E-state index contributed by atoms with van der Waals surface area (Å²) in [6.45, 7) is 0.856. The molecule has 0 aliphatic heterocycles. The van der Waals surface area contributed by atoms with Crippen LogP contribution in [0.5, 0.6) is 5.75 Å². The molecule has 2 heterocycles. The summed E-state index contributed by atoms with van der Waals surface area (Å²) in [7, 11) is 1.88. The van der Waals surface area contributed by atoms with Crippen molar-refractivity contribution >= 4 is 50.1 Å². The fourth-order valence-corrected chi connectivity index (χ4v) is 3.80. The molecule has 0 saturated carbocycles. The van der Waals surface area contributed by atoms with Gasteiger partial charge in [0.1, 0.15) is 12.4 Å². The third-order valence-electron chi connectivity index (χ3n) is 4.19. The van der Waals surface area contributed by atoms with Crippen LogP contribution >= 0.6 is 27.5 Å². The van der Waals surface area contributed by atoms with E-state index in [4.69, 9.17) is 22.1 Å². The first-order valence-electron chi connectivity index (χ1n) is 8.87. The molecule has 2 aromatic carbocycles. The van der Waals surface area contributed by atoms with Crippen molar-refractivity contribution in [3.63, 3.8) is 0 Å². The van der Waals surface area contributed by atoms with Gasteiger partial charge in [-0.05, 0) is 29.8 Å². The molecule has 0 amide bonds. The predicted molar refractivity (Wildman–Crippen MR) is 119 cm³/mol. The van der Waals surface area contributed by atoms with E-state index >= 15 is 0 Å². The maximum absolute atomic E-state index is 6.34. The molecular formula is C20H18BrClN6O. The number of hydrogen-bond acceptors (Lipinski definition) is 6. The van der Waals surface area contributed by atoms with E-state index in [1.165, 1.54) is 0 Å². The molecule has 0 bridgehead atoms. The Hall–Kier alpha value is -2.68. The zero-order valence-electron chi connectivity index (χ0n) is 15.6. The van der Waals surface area contributed by atoms with Gasteiger partial charge in [0, 0.05) is 53.2 Å². The molecule has 0 aliphatic carbocycles. The molecule has 29 heavy (non-hydrogen) atoms. The molecule has 4 rings (SSSR count). The van der Waals surface area contributed by atoms with Gasteiger partial charge in [0.15, 0.2) is 0 Å². The summed E-state index contributed by atoms with van der Waals surface area (Å²) in [5.41, 5.74) is 8.97. The summed E-state index contributed by atoms with van der Waals surface area (Å²) in [6.07, 6.45) is 5.48. The number of rotatable bonds is 6. The van der Waals surface area contributed by atoms with Crippen LogP contribution in [0.15, 0.2) is 53.4 Å². The number of nitrogens with one attached hydrogen (secondary N) is 1. The molecule has 0 unspecified atom stereocenters. The number of fused-ring (bicyclic) bond motifs is 1. The lowest BCUT2D eigenvalue weighted by Gasteiger charge is -2.12. The van der Waals surface area contributed by atoms with E-state index in [0.717, 1.165) is 26.7 Å². The van der Waals surface area contributed by atoms with Gasteiger partial charge >= 0.3 is 0 Å². The Balaban J connectivity index is 1.71. The van der Waals surface area contributed by atoms with Crippen LogP contribution in [0.2, 0.25) is 5.02 Å². The number of aryl methyl sites for hydroxylation is 1. The predicted octanol–water partition coefficient (Wildman–Crippen LogP) is 4.53. The monoisotopic (exact) mass is 472 g/mol. The van der Waals surface area contributed by atoms with Gasteiger partial charge in [-0.1, -0.05) is 27.5 Å². The van der Waals surface area contributed by atoms with Crippen molar-refractivity contribution in [2.24, 2.45) is 12.8 Å². The average molecular weight is 474 g/mol. The number of benzene rings is 2. The standard InChI is InChI=1S/C20H18BrClN6O/c1-28-11-14(10-25-28)12-5-16(8-17(6-12)29-3-2-23)26-20-24-9-13-4-15(21)7-18(22)19(13)27-20/h4-11H,2-3,23H2,1H3,(H,24,26,27). The largest absolute Gasteiger partial charge is 0.492 e. The second-order valence-corrected chi connectivity index (χ2v) is 7.75. The van der Waals surface area contributed by atoms with E-state index < -0.39 is 0 Å².